The monoisotopic (exact) mass is 253 g/mol. The Hall–Kier alpha value is -0.510. The summed E-state index contributed by atoms with van der Waals surface area (Å²) in [6.07, 6.45) is 1.20. The Morgan fingerprint density at radius 1 is 1.24 bits per heavy atom. The van der Waals surface area contributed by atoms with Crippen molar-refractivity contribution in [3.63, 3.8) is 0 Å². The third-order valence-electron chi connectivity index (χ3n) is 2.58. The number of methoxy groups -OCH3 is 1. The highest BCUT2D eigenvalue weighted by Gasteiger charge is 1.99. The lowest BCUT2D eigenvalue weighted by Crippen LogP contribution is -2.20. The van der Waals surface area contributed by atoms with Crippen molar-refractivity contribution in [1.82, 2.24) is 5.32 Å². The van der Waals surface area contributed by atoms with Crippen molar-refractivity contribution in [1.29, 1.82) is 0 Å². The molecule has 0 fully saturated rings. The highest BCUT2D eigenvalue weighted by Crippen LogP contribution is 2.23. The van der Waals surface area contributed by atoms with Crippen molar-refractivity contribution >= 4 is 11.8 Å². The Morgan fingerprint density at radius 3 is 2.82 bits per heavy atom. The van der Waals surface area contributed by atoms with E-state index in [9.17, 15) is 0 Å². The predicted molar refractivity (Wildman–Crippen MR) is 76.0 cm³/mol. The molecule has 1 N–H and O–H groups in total. The largest absolute Gasteiger partial charge is 0.383 e. The molecule has 0 unspecified atom stereocenters. The molecule has 0 spiro atoms. The van der Waals surface area contributed by atoms with Gasteiger partial charge in [0.1, 0.15) is 0 Å². The second-order valence-electron chi connectivity index (χ2n) is 4.21. The quantitative estimate of drug-likeness (QED) is 0.568. The van der Waals surface area contributed by atoms with Crippen LogP contribution in [0.1, 0.15) is 17.5 Å². The van der Waals surface area contributed by atoms with Gasteiger partial charge in [0.15, 0.2) is 0 Å². The van der Waals surface area contributed by atoms with Gasteiger partial charge in [-0.25, -0.2) is 0 Å². The number of rotatable bonds is 8. The van der Waals surface area contributed by atoms with E-state index >= 15 is 0 Å². The summed E-state index contributed by atoms with van der Waals surface area (Å²) in [4.78, 5) is 1.42. The molecule has 0 aliphatic rings. The van der Waals surface area contributed by atoms with Crippen LogP contribution in [0.15, 0.2) is 23.1 Å². The van der Waals surface area contributed by atoms with E-state index in [1.54, 1.807) is 7.11 Å². The summed E-state index contributed by atoms with van der Waals surface area (Å²) in [7, 11) is 1.73. The maximum Gasteiger partial charge on any atom is 0.0587 e. The normalized spacial score (nSPS) is 10.8. The molecule has 1 aromatic carbocycles. The smallest absolute Gasteiger partial charge is 0.0587 e. The minimum absolute atomic E-state index is 0.796. The van der Waals surface area contributed by atoms with Crippen molar-refractivity contribution in [2.24, 2.45) is 0 Å². The van der Waals surface area contributed by atoms with Crippen LogP contribution in [0.3, 0.4) is 0 Å². The fourth-order valence-electron chi connectivity index (χ4n) is 1.54. The van der Waals surface area contributed by atoms with Gasteiger partial charge in [-0.3, -0.25) is 0 Å². The Labute approximate surface area is 109 Å². The number of thioether (sulfide) groups is 1. The average Bonchev–Trinajstić information content (AvgIpc) is 2.32. The molecule has 3 heteroatoms. The maximum atomic E-state index is 4.98. The molecule has 0 aromatic heterocycles. The molecule has 0 saturated carbocycles. The Balaban J connectivity index is 2.15. The third kappa shape index (κ3) is 6.10. The summed E-state index contributed by atoms with van der Waals surface area (Å²) in [6.45, 7) is 7.14. The summed E-state index contributed by atoms with van der Waals surface area (Å²) >= 11 is 1.95. The van der Waals surface area contributed by atoms with E-state index < -0.39 is 0 Å². The number of aryl methyl sites for hydroxylation is 2. The lowest BCUT2D eigenvalue weighted by Gasteiger charge is -2.07. The van der Waals surface area contributed by atoms with Crippen molar-refractivity contribution in [3.8, 4) is 0 Å². The van der Waals surface area contributed by atoms with Crippen molar-refractivity contribution in [3.05, 3.63) is 29.3 Å². The van der Waals surface area contributed by atoms with Crippen LogP contribution in [0.4, 0.5) is 0 Å². The molecule has 0 atom stereocenters. The molecule has 0 radical (unpaired) electrons. The first-order chi connectivity index (χ1) is 8.24. The number of hydrogen-bond acceptors (Lipinski definition) is 3. The highest BCUT2D eigenvalue weighted by atomic mass is 32.2. The molecule has 0 saturated heterocycles. The molecule has 1 aromatic rings. The number of hydrogen-bond donors (Lipinski definition) is 1. The fraction of sp³-hybridized carbons (Fsp3) is 0.571. The van der Waals surface area contributed by atoms with Gasteiger partial charge in [0, 0.05) is 18.6 Å². The molecular weight excluding hydrogens is 230 g/mol. The van der Waals surface area contributed by atoms with Crippen LogP contribution in [-0.4, -0.2) is 32.6 Å². The van der Waals surface area contributed by atoms with Crippen LogP contribution in [0.2, 0.25) is 0 Å². The van der Waals surface area contributed by atoms with E-state index in [1.807, 2.05) is 11.8 Å². The zero-order chi connectivity index (χ0) is 12.5. The minimum Gasteiger partial charge on any atom is -0.383 e. The lowest BCUT2D eigenvalue weighted by atomic mass is 10.2. The summed E-state index contributed by atoms with van der Waals surface area (Å²) < 4.78 is 4.98. The number of ether oxygens (including phenoxy) is 1. The van der Waals surface area contributed by atoms with Crippen LogP contribution in [-0.2, 0) is 4.74 Å². The van der Waals surface area contributed by atoms with Gasteiger partial charge in [-0.15, -0.1) is 11.8 Å². The Kier molecular flexibility index (Phi) is 7.33. The molecule has 2 nitrogen and oxygen atoms in total. The summed E-state index contributed by atoms with van der Waals surface area (Å²) in [6, 6.07) is 6.65. The molecule has 0 aliphatic heterocycles. The first-order valence-electron chi connectivity index (χ1n) is 6.13. The third-order valence-corrected chi connectivity index (χ3v) is 3.83. The van der Waals surface area contributed by atoms with Crippen LogP contribution in [0.25, 0.3) is 0 Å². The van der Waals surface area contributed by atoms with Crippen LogP contribution in [0, 0.1) is 13.8 Å². The Bertz CT molecular complexity index is 328. The van der Waals surface area contributed by atoms with Gasteiger partial charge in [0.25, 0.3) is 0 Å². The molecule has 0 amide bonds. The maximum absolute atomic E-state index is 4.98. The first-order valence-corrected chi connectivity index (χ1v) is 7.12. The number of nitrogens with one attached hydrogen (secondary N) is 1. The molecular formula is C14H23NOS. The van der Waals surface area contributed by atoms with E-state index in [4.69, 9.17) is 4.74 Å². The molecule has 0 heterocycles. The first kappa shape index (κ1) is 14.6. The van der Waals surface area contributed by atoms with E-state index in [0.717, 1.165) is 19.7 Å². The Morgan fingerprint density at radius 2 is 2.06 bits per heavy atom. The van der Waals surface area contributed by atoms with Crippen LogP contribution >= 0.6 is 11.8 Å². The van der Waals surface area contributed by atoms with E-state index in [2.05, 4.69) is 37.4 Å². The summed E-state index contributed by atoms with van der Waals surface area (Å²) in [5.41, 5.74) is 2.73. The molecule has 96 valence electrons. The van der Waals surface area contributed by atoms with Gasteiger partial charge in [-0.2, -0.15) is 0 Å². The average molecular weight is 253 g/mol. The fourth-order valence-corrected chi connectivity index (χ4v) is 2.61. The van der Waals surface area contributed by atoms with E-state index in [0.29, 0.717) is 0 Å². The molecule has 17 heavy (non-hydrogen) atoms. The van der Waals surface area contributed by atoms with Gasteiger partial charge in [-0.05, 0) is 44.2 Å². The molecule has 1 rings (SSSR count). The predicted octanol–water partition coefficient (Wildman–Crippen LogP) is 3.02. The van der Waals surface area contributed by atoms with E-state index in [-0.39, 0.29) is 0 Å². The zero-order valence-electron chi connectivity index (χ0n) is 11.1. The summed E-state index contributed by atoms with van der Waals surface area (Å²) in [5, 5.41) is 3.36. The molecule has 0 aliphatic carbocycles. The zero-order valence-corrected chi connectivity index (χ0v) is 11.9. The van der Waals surface area contributed by atoms with Gasteiger partial charge in [0.2, 0.25) is 0 Å². The second kappa shape index (κ2) is 8.56. The highest BCUT2D eigenvalue weighted by molar-refractivity contribution is 7.99. The van der Waals surface area contributed by atoms with Crippen LogP contribution < -0.4 is 5.32 Å². The van der Waals surface area contributed by atoms with Crippen LogP contribution in [0.5, 0.6) is 0 Å². The lowest BCUT2D eigenvalue weighted by molar-refractivity contribution is 0.199. The van der Waals surface area contributed by atoms with Gasteiger partial charge in [-0.1, -0.05) is 17.7 Å². The van der Waals surface area contributed by atoms with Crippen molar-refractivity contribution in [2.75, 3.05) is 32.6 Å². The minimum atomic E-state index is 0.796. The van der Waals surface area contributed by atoms with Crippen molar-refractivity contribution < 1.29 is 4.74 Å². The van der Waals surface area contributed by atoms with Gasteiger partial charge >= 0.3 is 0 Å². The topological polar surface area (TPSA) is 21.3 Å². The van der Waals surface area contributed by atoms with Crippen molar-refractivity contribution in [2.45, 2.75) is 25.2 Å². The number of benzene rings is 1. The summed E-state index contributed by atoms with van der Waals surface area (Å²) in [5.74, 6) is 1.17. The van der Waals surface area contributed by atoms with Gasteiger partial charge in [0.05, 0.1) is 6.61 Å². The SMILES string of the molecule is COCCNCCCSc1cc(C)ccc1C. The second-order valence-corrected chi connectivity index (χ2v) is 5.35. The van der Waals surface area contributed by atoms with E-state index in [1.165, 1.54) is 28.2 Å². The standard InChI is InChI=1S/C14H23NOS/c1-12-5-6-13(2)14(11-12)17-10-4-7-15-8-9-16-3/h5-6,11,15H,4,7-10H2,1-3H3. The molecule has 0 bridgehead atoms. The van der Waals surface area contributed by atoms with Gasteiger partial charge < -0.3 is 10.1 Å².